The molecule has 1 atom stereocenters. The summed E-state index contributed by atoms with van der Waals surface area (Å²) in [6.45, 7) is 3.60. The van der Waals surface area contributed by atoms with Gasteiger partial charge in [0.15, 0.2) is 0 Å². The molecule has 1 saturated heterocycles. The number of carbonyl (C=O) groups is 1. The third-order valence-electron chi connectivity index (χ3n) is 7.02. The van der Waals surface area contributed by atoms with E-state index in [0.717, 1.165) is 31.1 Å². The molecule has 1 aromatic carbocycles. The van der Waals surface area contributed by atoms with Crippen molar-refractivity contribution in [2.75, 3.05) is 32.1 Å². The fraction of sp³-hybridized carbons (Fsp3) is 0.682. The van der Waals surface area contributed by atoms with Crippen LogP contribution in [-0.4, -0.2) is 37.6 Å². The van der Waals surface area contributed by atoms with Crippen molar-refractivity contribution in [2.24, 2.45) is 17.3 Å². The number of benzene rings is 1. The van der Waals surface area contributed by atoms with Crippen LogP contribution in [0.1, 0.15) is 51.4 Å². The number of anilines is 1. The minimum absolute atomic E-state index is 0.150. The van der Waals surface area contributed by atoms with Crippen molar-refractivity contribution < 1.29 is 9.53 Å². The number of methoxy groups -OCH3 is 1. The highest BCUT2D eigenvalue weighted by atomic mass is 35.5. The van der Waals surface area contributed by atoms with Gasteiger partial charge in [0.2, 0.25) is 5.91 Å². The Kier molecular flexibility index (Phi) is 5.65. The number of ether oxygens (including phenoxy) is 1. The lowest BCUT2D eigenvalue weighted by atomic mass is 9.86. The zero-order chi connectivity index (χ0) is 18.9. The quantitative estimate of drug-likeness (QED) is 0.771. The monoisotopic (exact) mass is 390 g/mol. The van der Waals surface area contributed by atoms with E-state index in [1.54, 1.807) is 19.2 Å². The van der Waals surface area contributed by atoms with Crippen molar-refractivity contribution in [3.05, 3.63) is 23.2 Å². The molecule has 27 heavy (non-hydrogen) atoms. The van der Waals surface area contributed by atoms with Gasteiger partial charge in [-0.1, -0.05) is 30.9 Å². The maximum absolute atomic E-state index is 12.7. The van der Waals surface area contributed by atoms with Crippen LogP contribution < -0.4 is 10.1 Å². The molecule has 5 heteroatoms. The van der Waals surface area contributed by atoms with Crippen molar-refractivity contribution in [2.45, 2.75) is 51.4 Å². The van der Waals surface area contributed by atoms with Gasteiger partial charge >= 0.3 is 0 Å². The summed E-state index contributed by atoms with van der Waals surface area (Å²) in [7, 11) is 1.59. The molecule has 1 heterocycles. The van der Waals surface area contributed by atoms with Crippen LogP contribution in [0, 0.1) is 17.3 Å². The predicted octanol–water partition coefficient (Wildman–Crippen LogP) is 4.97. The lowest BCUT2D eigenvalue weighted by Crippen LogP contribution is -2.39. The highest BCUT2D eigenvalue weighted by Gasteiger charge is 2.58. The number of nitrogens with zero attached hydrogens (tertiary/aromatic N) is 1. The topological polar surface area (TPSA) is 41.6 Å². The van der Waals surface area contributed by atoms with E-state index in [2.05, 4.69) is 10.2 Å². The molecule has 148 valence electrons. The summed E-state index contributed by atoms with van der Waals surface area (Å²) in [6.07, 6.45) is 10.5. The van der Waals surface area contributed by atoms with Gasteiger partial charge in [0.05, 0.1) is 12.1 Å². The van der Waals surface area contributed by atoms with Gasteiger partial charge in [0, 0.05) is 18.2 Å². The Morgan fingerprint density at radius 2 is 2.00 bits per heavy atom. The molecule has 4 rings (SSSR count). The third-order valence-corrected chi connectivity index (χ3v) is 7.31. The Labute approximate surface area is 167 Å². The van der Waals surface area contributed by atoms with E-state index in [0.29, 0.717) is 10.8 Å². The van der Waals surface area contributed by atoms with Crippen LogP contribution in [0.25, 0.3) is 0 Å². The highest BCUT2D eigenvalue weighted by Crippen LogP contribution is 2.59. The Morgan fingerprint density at radius 1 is 1.26 bits per heavy atom. The van der Waals surface area contributed by atoms with Crippen LogP contribution in [0.15, 0.2) is 18.2 Å². The van der Waals surface area contributed by atoms with Crippen molar-refractivity contribution >= 4 is 23.2 Å². The molecule has 1 N–H and O–H groups in total. The molecule has 4 nitrogen and oxygen atoms in total. The molecule has 0 bridgehead atoms. The zero-order valence-corrected chi connectivity index (χ0v) is 17.1. The average Bonchev–Trinajstić information content (AvgIpc) is 3.39. The van der Waals surface area contributed by atoms with E-state index in [-0.39, 0.29) is 17.2 Å². The molecule has 2 saturated carbocycles. The maximum Gasteiger partial charge on any atom is 0.228 e. The van der Waals surface area contributed by atoms with Crippen LogP contribution in [0.3, 0.4) is 0 Å². The summed E-state index contributed by atoms with van der Waals surface area (Å²) in [5, 5.41) is 3.58. The van der Waals surface area contributed by atoms with Crippen molar-refractivity contribution in [1.29, 1.82) is 0 Å². The highest BCUT2D eigenvalue weighted by molar-refractivity contribution is 6.32. The first-order valence-electron chi connectivity index (χ1n) is 10.5. The number of likely N-dealkylation sites (tertiary alicyclic amines) is 1. The van der Waals surface area contributed by atoms with Crippen LogP contribution >= 0.6 is 11.6 Å². The first-order chi connectivity index (χ1) is 13.1. The molecule has 1 amide bonds. The molecule has 3 aliphatic rings. The maximum atomic E-state index is 12.7. The Morgan fingerprint density at radius 3 is 2.67 bits per heavy atom. The van der Waals surface area contributed by atoms with Gasteiger partial charge < -0.3 is 15.0 Å². The Hall–Kier alpha value is -1.26. The van der Waals surface area contributed by atoms with Gasteiger partial charge in [-0.15, -0.1) is 0 Å². The van der Waals surface area contributed by atoms with Crippen molar-refractivity contribution in [3.8, 4) is 5.75 Å². The number of halogens is 1. The largest absolute Gasteiger partial charge is 0.495 e. The molecule has 1 unspecified atom stereocenters. The summed E-state index contributed by atoms with van der Waals surface area (Å²) in [5.41, 5.74) is 1.01. The van der Waals surface area contributed by atoms with E-state index in [9.17, 15) is 4.79 Å². The second kappa shape index (κ2) is 8.00. The van der Waals surface area contributed by atoms with Crippen LogP contribution in [0.4, 0.5) is 5.69 Å². The fourth-order valence-electron chi connectivity index (χ4n) is 5.16. The van der Waals surface area contributed by atoms with Gasteiger partial charge in [-0.25, -0.2) is 0 Å². The van der Waals surface area contributed by atoms with Gasteiger partial charge in [-0.2, -0.15) is 0 Å². The fourth-order valence-corrected chi connectivity index (χ4v) is 5.42. The summed E-state index contributed by atoms with van der Waals surface area (Å²) in [5.74, 6) is 1.85. The van der Waals surface area contributed by atoms with Crippen molar-refractivity contribution in [3.63, 3.8) is 0 Å². The van der Waals surface area contributed by atoms with E-state index in [4.69, 9.17) is 16.3 Å². The van der Waals surface area contributed by atoms with Crippen molar-refractivity contribution in [1.82, 2.24) is 4.90 Å². The molecule has 0 radical (unpaired) electrons. The smallest absolute Gasteiger partial charge is 0.228 e. The minimum atomic E-state index is 0.150. The first kappa shape index (κ1) is 19.1. The first-order valence-corrected chi connectivity index (χ1v) is 10.8. The number of piperidine rings is 1. The molecule has 3 fully saturated rings. The number of nitrogens with one attached hydrogen (secondary N) is 1. The predicted molar refractivity (Wildman–Crippen MR) is 109 cm³/mol. The second-order valence-corrected chi connectivity index (χ2v) is 9.17. The number of rotatable bonds is 5. The van der Waals surface area contributed by atoms with E-state index < -0.39 is 0 Å². The van der Waals surface area contributed by atoms with Gasteiger partial charge in [-0.05, 0) is 74.7 Å². The van der Waals surface area contributed by atoms with E-state index in [1.165, 1.54) is 51.5 Å². The van der Waals surface area contributed by atoms with Gasteiger partial charge in [-0.3, -0.25) is 4.79 Å². The summed E-state index contributed by atoms with van der Waals surface area (Å²) in [6, 6.07) is 5.41. The standard InChI is InChI=1S/C22H31ClN2O2/c1-27-20-8-7-17(13-19(20)23)24-21(26)18-14-22(18)9-11-25(12-10-22)15-16-5-3-2-4-6-16/h7-8,13,16,18H,2-6,9-12,14-15H2,1H3,(H,24,26). The molecule has 1 aromatic rings. The van der Waals surface area contributed by atoms with E-state index >= 15 is 0 Å². The van der Waals surface area contributed by atoms with Crippen LogP contribution in [0.5, 0.6) is 5.75 Å². The number of hydrogen-bond donors (Lipinski definition) is 1. The molecule has 2 aliphatic carbocycles. The normalized spacial score (nSPS) is 25.3. The number of hydrogen-bond acceptors (Lipinski definition) is 3. The summed E-state index contributed by atoms with van der Waals surface area (Å²) >= 11 is 6.16. The van der Waals surface area contributed by atoms with Crippen LogP contribution in [0.2, 0.25) is 5.02 Å². The lowest BCUT2D eigenvalue weighted by Gasteiger charge is -2.36. The lowest BCUT2D eigenvalue weighted by molar-refractivity contribution is -0.118. The molecular weight excluding hydrogens is 360 g/mol. The number of carbonyl (C=O) groups excluding carboxylic acids is 1. The molecule has 1 aliphatic heterocycles. The minimum Gasteiger partial charge on any atom is -0.495 e. The van der Waals surface area contributed by atoms with Gasteiger partial charge in [0.25, 0.3) is 0 Å². The summed E-state index contributed by atoms with van der Waals surface area (Å²) in [4.78, 5) is 15.4. The van der Waals surface area contributed by atoms with Crippen LogP contribution in [-0.2, 0) is 4.79 Å². The Bertz CT molecular complexity index is 679. The molecule has 1 spiro atoms. The SMILES string of the molecule is COc1ccc(NC(=O)C2CC23CCN(CC2CCCCC2)CC3)cc1Cl. The van der Waals surface area contributed by atoms with E-state index in [1.807, 2.05) is 6.07 Å². The molecule has 0 aromatic heterocycles. The summed E-state index contributed by atoms with van der Waals surface area (Å²) < 4.78 is 5.17. The Balaban J connectivity index is 1.26. The second-order valence-electron chi connectivity index (χ2n) is 8.76. The average molecular weight is 391 g/mol. The third kappa shape index (κ3) is 4.27. The number of amides is 1. The zero-order valence-electron chi connectivity index (χ0n) is 16.3. The molecular formula is C22H31ClN2O2. The van der Waals surface area contributed by atoms with Gasteiger partial charge in [0.1, 0.15) is 5.75 Å².